The molecule has 1 unspecified atom stereocenters. The average Bonchev–Trinajstić information content (AvgIpc) is 3.19. The Kier molecular flexibility index (Phi) is 8.63. The summed E-state index contributed by atoms with van der Waals surface area (Å²) >= 11 is 0. The minimum atomic E-state index is -1.04. The number of nitrogens with zero attached hydrogens (tertiary/aromatic N) is 3. The highest BCUT2D eigenvalue weighted by Gasteiger charge is 2.28. The number of aromatic nitrogens is 2. The molecule has 0 bridgehead atoms. The fourth-order valence-electron chi connectivity index (χ4n) is 5.58. The Bertz CT molecular complexity index is 1530. The topological polar surface area (TPSA) is 87.2 Å². The minimum absolute atomic E-state index is 0.0518. The summed E-state index contributed by atoms with van der Waals surface area (Å²) in [5.41, 5.74) is 5.43. The van der Waals surface area contributed by atoms with E-state index in [2.05, 4.69) is 20.6 Å². The molecule has 1 heterocycles. The summed E-state index contributed by atoms with van der Waals surface area (Å²) in [6.45, 7) is 1.99. The number of nitrogens with one attached hydrogen (secondary N) is 2. The van der Waals surface area contributed by atoms with Crippen LogP contribution in [0.25, 0.3) is 17.2 Å². The van der Waals surface area contributed by atoms with Gasteiger partial charge in [0.05, 0.1) is 6.42 Å². The number of carbonyl (C=O) groups is 1. The van der Waals surface area contributed by atoms with E-state index < -0.39 is 10.8 Å². The second-order valence-electron chi connectivity index (χ2n) is 10.9. The molecule has 2 aliphatic carbocycles. The zero-order valence-electron chi connectivity index (χ0n) is 23.9. The largest absolute Gasteiger partial charge is 0.363 e. The van der Waals surface area contributed by atoms with Gasteiger partial charge >= 0.3 is 0 Å². The normalized spacial score (nSPS) is 20.1. The van der Waals surface area contributed by atoms with E-state index in [4.69, 9.17) is 0 Å². The Morgan fingerprint density at radius 1 is 1.05 bits per heavy atom. The van der Waals surface area contributed by atoms with Crippen LogP contribution in [0.15, 0.2) is 65.2 Å². The molecule has 214 valence electrons. The second kappa shape index (κ2) is 12.3. The van der Waals surface area contributed by atoms with Gasteiger partial charge in [0.25, 0.3) is 0 Å². The van der Waals surface area contributed by atoms with Crippen molar-refractivity contribution in [2.45, 2.75) is 56.0 Å². The molecule has 1 aromatic heterocycles. The van der Waals surface area contributed by atoms with Gasteiger partial charge < -0.3 is 15.5 Å². The molecular formula is C32H36FN5O2S. The van der Waals surface area contributed by atoms with Gasteiger partial charge in [0.2, 0.25) is 11.9 Å². The van der Waals surface area contributed by atoms with Crippen molar-refractivity contribution in [3.63, 3.8) is 0 Å². The molecular weight excluding hydrogens is 537 g/mol. The monoisotopic (exact) mass is 573 g/mol. The summed E-state index contributed by atoms with van der Waals surface area (Å²) < 4.78 is 26.1. The SMILES string of the molecule is CC1=C(CC(=O)NC2CCC(Nc3nccc(N(C)C)n3)CC2)c2cc(F)ccc2/C1=C/c1ccc(S(C)=O)cc1. The van der Waals surface area contributed by atoms with Crippen molar-refractivity contribution in [3.8, 4) is 0 Å². The van der Waals surface area contributed by atoms with Crippen molar-refractivity contribution in [1.82, 2.24) is 15.3 Å². The number of benzene rings is 2. The predicted molar refractivity (Wildman–Crippen MR) is 164 cm³/mol. The summed E-state index contributed by atoms with van der Waals surface area (Å²) in [5.74, 6) is 1.10. The number of anilines is 2. The molecule has 0 saturated heterocycles. The maximum absolute atomic E-state index is 14.3. The molecule has 9 heteroatoms. The van der Waals surface area contributed by atoms with E-state index in [0.29, 0.717) is 5.95 Å². The van der Waals surface area contributed by atoms with E-state index in [0.717, 1.165) is 69.8 Å². The zero-order valence-corrected chi connectivity index (χ0v) is 24.7. The average molecular weight is 574 g/mol. The Morgan fingerprint density at radius 3 is 2.44 bits per heavy atom. The molecule has 2 N–H and O–H groups in total. The minimum Gasteiger partial charge on any atom is -0.363 e. The zero-order chi connectivity index (χ0) is 29.1. The molecule has 3 aromatic rings. The van der Waals surface area contributed by atoms with E-state index in [1.807, 2.05) is 62.3 Å². The van der Waals surface area contributed by atoms with E-state index in [-0.39, 0.29) is 30.2 Å². The third-order valence-corrected chi connectivity index (χ3v) is 8.77. The van der Waals surface area contributed by atoms with Crippen LogP contribution in [-0.2, 0) is 15.6 Å². The summed E-state index contributed by atoms with van der Waals surface area (Å²) in [7, 11) is 2.86. The first-order chi connectivity index (χ1) is 19.7. The molecule has 1 fully saturated rings. The smallest absolute Gasteiger partial charge is 0.224 e. The quantitative estimate of drug-likeness (QED) is 0.361. The number of carbonyl (C=O) groups excluding carboxylic acids is 1. The third kappa shape index (κ3) is 6.73. The van der Waals surface area contributed by atoms with Gasteiger partial charge in [0.15, 0.2) is 0 Å². The van der Waals surface area contributed by atoms with Crippen LogP contribution >= 0.6 is 0 Å². The van der Waals surface area contributed by atoms with Gasteiger partial charge in [-0.3, -0.25) is 9.00 Å². The van der Waals surface area contributed by atoms with Gasteiger partial charge in [-0.1, -0.05) is 18.2 Å². The van der Waals surface area contributed by atoms with Gasteiger partial charge in [-0.05, 0) is 102 Å². The van der Waals surface area contributed by atoms with E-state index in [1.165, 1.54) is 12.1 Å². The highest BCUT2D eigenvalue weighted by Crippen LogP contribution is 2.44. The molecule has 0 aliphatic heterocycles. The number of fused-ring (bicyclic) bond motifs is 1. The fraction of sp³-hybridized carbons (Fsp3) is 0.344. The molecule has 0 spiro atoms. The molecule has 2 aromatic carbocycles. The summed E-state index contributed by atoms with van der Waals surface area (Å²) in [6.07, 6.45) is 9.20. The van der Waals surface area contributed by atoms with Crippen LogP contribution < -0.4 is 15.5 Å². The van der Waals surface area contributed by atoms with Gasteiger partial charge in [-0.25, -0.2) is 9.37 Å². The Morgan fingerprint density at radius 2 is 1.76 bits per heavy atom. The fourth-order valence-corrected chi connectivity index (χ4v) is 6.09. The van der Waals surface area contributed by atoms with Crippen molar-refractivity contribution in [2.75, 3.05) is 30.6 Å². The lowest BCUT2D eigenvalue weighted by molar-refractivity contribution is -0.121. The predicted octanol–water partition coefficient (Wildman–Crippen LogP) is 5.68. The van der Waals surface area contributed by atoms with Crippen molar-refractivity contribution in [1.29, 1.82) is 0 Å². The van der Waals surface area contributed by atoms with Gasteiger partial charge in [-0.15, -0.1) is 0 Å². The lowest BCUT2D eigenvalue weighted by atomic mass is 9.91. The Labute approximate surface area is 243 Å². The summed E-state index contributed by atoms with van der Waals surface area (Å²) in [4.78, 5) is 24.8. The molecule has 7 nitrogen and oxygen atoms in total. The Hall–Kier alpha value is -3.85. The van der Waals surface area contributed by atoms with Crippen LogP contribution in [0, 0.1) is 5.82 Å². The first-order valence-corrected chi connectivity index (χ1v) is 15.5. The van der Waals surface area contributed by atoms with Crippen LogP contribution in [-0.4, -0.2) is 52.5 Å². The van der Waals surface area contributed by atoms with Crippen LogP contribution in [0.1, 0.15) is 55.7 Å². The highest BCUT2D eigenvalue weighted by molar-refractivity contribution is 7.84. The van der Waals surface area contributed by atoms with Crippen LogP contribution in [0.2, 0.25) is 0 Å². The number of amides is 1. The highest BCUT2D eigenvalue weighted by atomic mass is 32.2. The first-order valence-electron chi connectivity index (χ1n) is 13.9. The molecule has 1 saturated carbocycles. The molecule has 41 heavy (non-hydrogen) atoms. The summed E-state index contributed by atoms with van der Waals surface area (Å²) in [6, 6.07) is 14.6. The number of rotatable bonds is 8. The van der Waals surface area contributed by atoms with Crippen molar-refractivity contribution in [3.05, 3.63) is 82.8 Å². The maximum atomic E-state index is 14.3. The van der Waals surface area contributed by atoms with Crippen molar-refractivity contribution < 1.29 is 13.4 Å². The number of halogens is 1. The van der Waals surface area contributed by atoms with Crippen molar-refractivity contribution in [2.24, 2.45) is 0 Å². The van der Waals surface area contributed by atoms with Gasteiger partial charge in [0.1, 0.15) is 11.6 Å². The standard InChI is InChI=1S/C32H36FN5O2S/c1-20-27(17-21-5-12-25(13-6-21)41(4)40)26-14-7-22(33)18-29(26)28(20)19-31(39)35-23-8-10-24(11-9-23)36-32-34-16-15-30(37-32)38(2)3/h5-7,12-18,23-24H,8-11,19H2,1-4H3,(H,35,39)(H,34,36,37)/b27-17+. The third-order valence-electron chi connectivity index (χ3n) is 7.84. The maximum Gasteiger partial charge on any atom is 0.224 e. The molecule has 1 amide bonds. The Balaban J connectivity index is 1.24. The molecule has 2 aliphatic rings. The van der Waals surface area contributed by atoms with E-state index in [9.17, 15) is 13.4 Å². The van der Waals surface area contributed by atoms with Crippen molar-refractivity contribution >= 4 is 45.7 Å². The molecule has 1 atom stereocenters. The molecule has 5 rings (SSSR count). The first kappa shape index (κ1) is 28.7. The number of hydrogen-bond acceptors (Lipinski definition) is 6. The number of allylic oxidation sites excluding steroid dienone is 2. The summed E-state index contributed by atoms with van der Waals surface area (Å²) in [5, 5.41) is 6.66. The van der Waals surface area contributed by atoms with Gasteiger partial charge in [-0.2, -0.15) is 4.98 Å². The molecule has 0 radical (unpaired) electrons. The lowest BCUT2D eigenvalue weighted by Crippen LogP contribution is -2.40. The van der Waals surface area contributed by atoms with Crippen LogP contribution in [0.4, 0.5) is 16.2 Å². The van der Waals surface area contributed by atoms with Crippen LogP contribution in [0.5, 0.6) is 0 Å². The van der Waals surface area contributed by atoms with E-state index >= 15 is 0 Å². The van der Waals surface area contributed by atoms with Gasteiger partial charge in [0, 0.05) is 54.3 Å². The van der Waals surface area contributed by atoms with Crippen LogP contribution in [0.3, 0.4) is 0 Å². The lowest BCUT2D eigenvalue weighted by Gasteiger charge is -2.30. The number of hydrogen-bond donors (Lipinski definition) is 2. The second-order valence-corrected chi connectivity index (χ2v) is 12.3. The van der Waals surface area contributed by atoms with E-state index in [1.54, 1.807) is 18.5 Å².